The molecular formula is C18H21F3N4O2. The van der Waals surface area contributed by atoms with Crippen molar-refractivity contribution in [1.29, 1.82) is 0 Å². The molecule has 0 aromatic heterocycles. The summed E-state index contributed by atoms with van der Waals surface area (Å²) < 4.78 is 40.5. The van der Waals surface area contributed by atoms with Gasteiger partial charge in [-0.25, -0.2) is 5.43 Å². The molecule has 1 aliphatic heterocycles. The maximum atomic E-state index is 12.2. The van der Waals surface area contributed by atoms with E-state index in [2.05, 4.69) is 21.0 Å². The topological polar surface area (TPSA) is 68.8 Å². The molecule has 0 spiro atoms. The van der Waals surface area contributed by atoms with E-state index in [1.165, 1.54) is 24.3 Å². The van der Waals surface area contributed by atoms with Crippen LogP contribution in [0.4, 0.5) is 30.2 Å². The molecule has 2 aromatic carbocycles. The highest BCUT2D eigenvalue weighted by Gasteiger charge is 2.31. The Morgan fingerprint density at radius 3 is 2.63 bits per heavy atom. The summed E-state index contributed by atoms with van der Waals surface area (Å²) in [5.74, 6) is -0.261. The molecule has 3 rings (SSSR count). The molecule has 1 saturated heterocycles. The van der Waals surface area contributed by atoms with Gasteiger partial charge in [-0.2, -0.15) is 5.53 Å². The molecule has 6 nitrogen and oxygen atoms in total. The second-order valence-corrected chi connectivity index (χ2v) is 6.18. The number of rotatable bonds is 7. The number of anilines is 3. The van der Waals surface area contributed by atoms with Crippen LogP contribution in [0.15, 0.2) is 48.5 Å². The van der Waals surface area contributed by atoms with Crippen LogP contribution in [-0.2, 0) is 0 Å². The third-order valence-corrected chi connectivity index (χ3v) is 4.05. The lowest BCUT2D eigenvalue weighted by Gasteiger charge is -2.18. The van der Waals surface area contributed by atoms with Crippen molar-refractivity contribution in [2.45, 2.75) is 25.2 Å². The summed E-state index contributed by atoms with van der Waals surface area (Å²) in [5, 5.41) is 14.0. The van der Waals surface area contributed by atoms with E-state index in [0.717, 1.165) is 30.8 Å². The molecule has 0 aliphatic carbocycles. The molecule has 2 aromatic rings. The molecule has 0 amide bonds. The van der Waals surface area contributed by atoms with Gasteiger partial charge in [0, 0.05) is 24.0 Å². The van der Waals surface area contributed by atoms with Crippen LogP contribution in [-0.4, -0.2) is 30.7 Å². The Morgan fingerprint density at radius 2 is 1.93 bits per heavy atom. The van der Waals surface area contributed by atoms with E-state index in [-0.39, 0.29) is 18.4 Å². The predicted octanol–water partition coefficient (Wildman–Crippen LogP) is 3.30. The molecule has 0 radical (unpaired) electrons. The number of ether oxygens (including phenoxy) is 1. The van der Waals surface area contributed by atoms with Gasteiger partial charge in [-0.1, -0.05) is 6.07 Å². The number of nitrogens with zero attached hydrogens (tertiary/aromatic N) is 1. The molecule has 1 heterocycles. The molecule has 146 valence electrons. The van der Waals surface area contributed by atoms with Gasteiger partial charge in [-0.3, -0.25) is 5.01 Å². The van der Waals surface area contributed by atoms with Crippen molar-refractivity contribution in [3.8, 4) is 5.75 Å². The summed E-state index contributed by atoms with van der Waals surface area (Å²) in [5.41, 5.74) is 8.67. The van der Waals surface area contributed by atoms with Crippen LogP contribution in [0.5, 0.6) is 5.75 Å². The minimum Gasteiger partial charge on any atom is -0.406 e. The smallest absolute Gasteiger partial charge is 0.406 e. The van der Waals surface area contributed by atoms with Crippen molar-refractivity contribution in [2.24, 2.45) is 0 Å². The molecule has 0 bridgehead atoms. The molecule has 27 heavy (non-hydrogen) atoms. The third kappa shape index (κ3) is 5.75. The molecule has 9 heteroatoms. The number of halogens is 3. The van der Waals surface area contributed by atoms with Crippen molar-refractivity contribution in [2.75, 3.05) is 23.5 Å². The number of alkyl halides is 3. The Morgan fingerprint density at radius 1 is 1.15 bits per heavy atom. The van der Waals surface area contributed by atoms with Crippen LogP contribution < -0.4 is 26.0 Å². The zero-order valence-electron chi connectivity index (χ0n) is 14.5. The standard InChI is InChI=1S/C18H21F3N4O2/c19-18(20,21)27-17-8-6-13(7-9-17)22-14-3-1-5-16(11-14)25-12-15(23-24-25)4-2-10-26/h1,3,5-9,11,15,22-24,26H,2,4,10,12H2. The lowest BCUT2D eigenvalue weighted by molar-refractivity contribution is -0.274. The van der Waals surface area contributed by atoms with Gasteiger partial charge in [0.15, 0.2) is 0 Å². The quantitative estimate of drug-likeness (QED) is 0.589. The molecule has 1 atom stereocenters. The number of aliphatic hydroxyl groups is 1. The maximum Gasteiger partial charge on any atom is 0.573 e. The summed E-state index contributed by atoms with van der Waals surface area (Å²) in [4.78, 5) is 0. The first-order chi connectivity index (χ1) is 12.9. The van der Waals surface area contributed by atoms with Crippen molar-refractivity contribution < 1.29 is 23.0 Å². The van der Waals surface area contributed by atoms with E-state index < -0.39 is 6.36 Å². The van der Waals surface area contributed by atoms with Crippen molar-refractivity contribution >= 4 is 17.1 Å². The maximum absolute atomic E-state index is 12.2. The lowest BCUT2D eigenvalue weighted by atomic mass is 10.1. The molecule has 1 unspecified atom stereocenters. The summed E-state index contributed by atoms with van der Waals surface area (Å²) in [6, 6.07) is 13.5. The number of hydrazine groups is 2. The fraction of sp³-hybridized carbons (Fsp3) is 0.333. The van der Waals surface area contributed by atoms with Gasteiger partial charge >= 0.3 is 6.36 Å². The van der Waals surface area contributed by atoms with Gasteiger partial charge < -0.3 is 15.2 Å². The molecular weight excluding hydrogens is 361 g/mol. The minimum atomic E-state index is -4.70. The van der Waals surface area contributed by atoms with Gasteiger partial charge in [0.25, 0.3) is 0 Å². The van der Waals surface area contributed by atoms with E-state index in [1.807, 2.05) is 29.3 Å². The Balaban J connectivity index is 1.61. The number of nitrogens with one attached hydrogen (secondary N) is 3. The lowest BCUT2D eigenvalue weighted by Crippen LogP contribution is -2.36. The Kier molecular flexibility index (Phi) is 6.04. The molecule has 1 fully saturated rings. The van der Waals surface area contributed by atoms with Gasteiger partial charge in [-0.15, -0.1) is 13.2 Å². The van der Waals surface area contributed by atoms with Crippen LogP contribution in [0.1, 0.15) is 12.8 Å². The predicted molar refractivity (Wildman–Crippen MR) is 96.6 cm³/mol. The second kappa shape index (κ2) is 8.47. The summed E-state index contributed by atoms with van der Waals surface area (Å²) >= 11 is 0. The minimum absolute atomic E-state index is 0.171. The normalized spacial score (nSPS) is 17.2. The van der Waals surface area contributed by atoms with E-state index in [1.54, 1.807) is 0 Å². The largest absolute Gasteiger partial charge is 0.573 e. The van der Waals surface area contributed by atoms with Gasteiger partial charge in [0.2, 0.25) is 0 Å². The highest BCUT2D eigenvalue weighted by molar-refractivity contribution is 5.65. The first-order valence-corrected chi connectivity index (χ1v) is 8.55. The number of aliphatic hydroxyl groups excluding tert-OH is 1. The summed E-state index contributed by atoms with van der Waals surface area (Å²) in [7, 11) is 0. The summed E-state index contributed by atoms with van der Waals surface area (Å²) in [6.07, 6.45) is -3.10. The number of benzene rings is 2. The number of hydrogen-bond acceptors (Lipinski definition) is 6. The Labute approximate surface area is 154 Å². The van der Waals surface area contributed by atoms with Crippen LogP contribution in [0.2, 0.25) is 0 Å². The Bertz CT molecular complexity index is 740. The molecule has 4 N–H and O–H groups in total. The van der Waals surface area contributed by atoms with Crippen LogP contribution in [0.3, 0.4) is 0 Å². The molecule has 0 saturated carbocycles. The first-order valence-electron chi connectivity index (χ1n) is 8.55. The van der Waals surface area contributed by atoms with E-state index in [4.69, 9.17) is 5.11 Å². The van der Waals surface area contributed by atoms with E-state index >= 15 is 0 Å². The summed E-state index contributed by atoms with van der Waals surface area (Å²) in [6.45, 7) is 0.928. The average Bonchev–Trinajstić information content (AvgIpc) is 3.10. The van der Waals surface area contributed by atoms with Gasteiger partial charge in [-0.05, 0) is 55.3 Å². The van der Waals surface area contributed by atoms with Crippen LogP contribution in [0, 0.1) is 0 Å². The van der Waals surface area contributed by atoms with Gasteiger partial charge in [0.05, 0.1) is 12.2 Å². The highest BCUT2D eigenvalue weighted by Crippen LogP contribution is 2.27. The van der Waals surface area contributed by atoms with Crippen LogP contribution in [0.25, 0.3) is 0 Å². The van der Waals surface area contributed by atoms with E-state index in [9.17, 15) is 13.2 Å². The average molecular weight is 382 g/mol. The SMILES string of the molecule is OCCCC1CN(c2cccc(Nc3ccc(OC(F)(F)F)cc3)c2)NN1. The first kappa shape index (κ1) is 19.3. The van der Waals surface area contributed by atoms with Crippen molar-refractivity contribution in [3.63, 3.8) is 0 Å². The third-order valence-electron chi connectivity index (χ3n) is 4.05. The Hall–Kier alpha value is -2.49. The van der Waals surface area contributed by atoms with Crippen LogP contribution >= 0.6 is 0 Å². The van der Waals surface area contributed by atoms with Crippen molar-refractivity contribution in [3.05, 3.63) is 48.5 Å². The monoisotopic (exact) mass is 382 g/mol. The molecule has 1 aliphatic rings. The zero-order valence-corrected chi connectivity index (χ0v) is 14.5. The zero-order chi connectivity index (χ0) is 19.3. The van der Waals surface area contributed by atoms with Crippen molar-refractivity contribution in [1.82, 2.24) is 11.0 Å². The number of hydrogen-bond donors (Lipinski definition) is 4. The van der Waals surface area contributed by atoms with Gasteiger partial charge in [0.1, 0.15) is 5.75 Å². The fourth-order valence-electron chi connectivity index (χ4n) is 2.81. The fourth-order valence-corrected chi connectivity index (χ4v) is 2.81. The highest BCUT2D eigenvalue weighted by atomic mass is 19.4. The second-order valence-electron chi connectivity index (χ2n) is 6.18. The van der Waals surface area contributed by atoms with E-state index in [0.29, 0.717) is 5.69 Å².